The van der Waals surface area contributed by atoms with Crippen LogP contribution in [0.5, 0.6) is 0 Å². The van der Waals surface area contributed by atoms with Crippen molar-refractivity contribution in [3.63, 3.8) is 0 Å². The second-order valence-corrected chi connectivity index (χ2v) is 7.91. The van der Waals surface area contributed by atoms with E-state index in [2.05, 4.69) is 28.2 Å². The summed E-state index contributed by atoms with van der Waals surface area (Å²) >= 11 is 4.83. The van der Waals surface area contributed by atoms with E-state index in [1.807, 2.05) is 6.07 Å². The molecule has 3 rings (SSSR count). The molecule has 2 aromatic rings. The first-order valence-corrected chi connectivity index (χ1v) is 9.08. The second kappa shape index (κ2) is 6.45. The van der Waals surface area contributed by atoms with Gasteiger partial charge in [0.15, 0.2) is 0 Å². The van der Waals surface area contributed by atoms with E-state index in [0.717, 1.165) is 29.3 Å². The number of thiophene rings is 1. The van der Waals surface area contributed by atoms with Gasteiger partial charge in [0.25, 0.3) is 11.8 Å². The molecule has 1 aliphatic carbocycles. The van der Waals surface area contributed by atoms with Crippen LogP contribution < -0.4 is 11.1 Å². The van der Waals surface area contributed by atoms with Crippen molar-refractivity contribution in [2.45, 2.75) is 26.2 Å². The molecule has 3 N–H and O–H groups in total. The van der Waals surface area contributed by atoms with E-state index in [1.54, 1.807) is 18.2 Å². The molecular formula is C17H17BrN2O2S. The number of carbonyl (C=O) groups is 2. The number of fused-ring (bicyclic) bond motifs is 1. The molecule has 0 aliphatic heterocycles. The third-order valence-electron chi connectivity index (χ3n) is 4.07. The zero-order valence-corrected chi connectivity index (χ0v) is 15.1. The first-order valence-electron chi connectivity index (χ1n) is 7.47. The SMILES string of the molecule is C[C@@H]1CCc2c(sc(NC(=O)c3cccc(Br)c3)c2C(N)=O)C1. The molecule has 1 aromatic carbocycles. The molecule has 0 saturated heterocycles. The van der Waals surface area contributed by atoms with E-state index >= 15 is 0 Å². The predicted molar refractivity (Wildman–Crippen MR) is 96.1 cm³/mol. The minimum absolute atomic E-state index is 0.236. The highest BCUT2D eigenvalue weighted by Crippen LogP contribution is 2.39. The molecule has 23 heavy (non-hydrogen) atoms. The van der Waals surface area contributed by atoms with Crippen molar-refractivity contribution in [2.24, 2.45) is 11.7 Å². The number of hydrogen-bond donors (Lipinski definition) is 2. The van der Waals surface area contributed by atoms with Crippen LogP contribution in [0, 0.1) is 5.92 Å². The topological polar surface area (TPSA) is 72.2 Å². The Kier molecular flexibility index (Phi) is 4.55. The fraction of sp³-hybridized carbons (Fsp3) is 0.294. The van der Waals surface area contributed by atoms with Gasteiger partial charge in [0.2, 0.25) is 0 Å². The highest BCUT2D eigenvalue weighted by molar-refractivity contribution is 9.10. The van der Waals surface area contributed by atoms with Gasteiger partial charge in [-0.05, 0) is 48.9 Å². The molecule has 1 heterocycles. The Morgan fingerprint density at radius 1 is 1.39 bits per heavy atom. The van der Waals surface area contributed by atoms with Crippen LogP contribution in [0.3, 0.4) is 0 Å². The number of rotatable bonds is 3. The highest BCUT2D eigenvalue weighted by Gasteiger charge is 2.27. The summed E-state index contributed by atoms with van der Waals surface area (Å²) < 4.78 is 0.833. The van der Waals surface area contributed by atoms with E-state index in [4.69, 9.17) is 5.73 Å². The van der Waals surface area contributed by atoms with Crippen LogP contribution in [0.4, 0.5) is 5.00 Å². The summed E-state index contributed by atoms with van der Waals surface area (Å²) in [4.78, 5) is 25.5. The number of primary amides is 1. The Morgan fingerprint density at radius 2 is 2.17 bits per heavy atom. The van der Waals surface area contributed by atoms with Gasteiger partial charge in [-0.2, -0.15) is 0 Å². The maximum absolute atomic E-state index is 12.4. The number of nitrogens with one attached hydrogen (secondary N) is 1. The van der Waals surface area contributed by atoms with Crippen LogP contribution in [-0.2, 0) is 12.8 Å². The molecule has 1 atom stereocenters. The van der Waals surface area contributed by atoms with Crippen LogP contribution in [-0.4, -0.2) is 11.8 Å². The Balaban J connectivity index is 1.94. The Bertz CT molecular complexity index is 785. The molecule has 120 valence electrons. The molecular weight excluding hydrogens is 376 g/mol. The Hall–Kier alpha value is -1.66. The maximum Gasteiger partial charge on any atom is 0.256 e. The number of benzene rings is 1. The van der Waals surface area contributed by atoms with Gasteiger partial charge >= 0.3 is 0 Å². The summed E-state index contributed by atoms with van der Waals surface area (Å²) in [7, 11) is 0. The normalized spacial score (nSPS) is 16.7. The number of hydrogen-bond acceptors (Lipinski definition) is 3. The standard InChI is InChI=1S/C17H17BrN2O2S/c1-9-5-6-12-13(7-9)23-17(14(12)15(19)21)20-16(22)10-3-2-4-11(18)8-10/h2-4,8-9H,5-7H2,1H3,(H2,19,21)(H,20,22)/t9-/m1/s1. The first-order chi connectivity index (χ1) is 11.0. The highest BCUT2D eigenvalue weighted by atomic mass is 79.9. The summed E-state index contributed by atoms with van der Waals surface area (Å²) in [5, 5.41) is 3.44. The molecule has 0 saturated carbocycles. The largest absolute Gasteiger partial charge is 0.365 e. The average Bonchev–Trinajstić information content (AvgIpc) is 2.84. The van der Waals surface area contributed by atoms with Crippen molar-refractivity contribution >= 4 is 44.1 Å². The zero-order chi connectivity index (χ0) is 16.6. The van der Waals surface area contributed by atoms with Gasteiger partial charge in [-0.3, -0.25) is 9.59 Å². The number of carbonyl (C=O) groups excluding carboxylic acids is 2. The molecule has 1 aromatic heterocycles. The van der Waals surface area contributed by atoms with Crippen LogP contribution in [0.25, 0.3) is 0 Å². The Labute approximate surface area is 147 Å². The number of anilines is 1. The van der Waals surface area contributed by atoms with E-state index in [0.29, 0.717) is 22.0 Å². The molecule has 0 spiro atoms. The molecule has 4 nitrogen and oxygen atoms in total. The van der Waals surface area contributed by atoms with Crippen molar-refractivity contribution in [3.8, 4) is 0 Å². The van der Waals surface area contributed by atoms with Gasteiger partial charge in [-0.25, -0.2) is 0 Å². The van der Waals surface area contributed by atoms with Crippen LogP contribution >= 0.6 is 27.3 Å². The fourth-order valence-electron chi connectivity index (χ4n) is 2.90. The third kappa shape index (κ3) is 3.33. The van der Waals surface area contributed by atoms with E-state index < -0.39 is 5.91 Å². The lowest BCUT2D eigenvalue weighted by Gasteiger charge is -2.18. The quantitative estimate of drug-likeness (QED) is 0.828. The molecule has 0 unspecified atom stereocenters. The summed E-state index contributed by atoms with van der Waals surface area (Å²) in [6, 6.07) is 7.14. The van der Waals surface area contributed by atoms with Crippen molar-refractivity contribution in [1.82, 2.24) is 0 Å². The predicted octanol–water partition coefficient (Wildman–Crippen LogP) is 3.99. The second-order valence-electron chi connectivity index (χ2n) is 5.88. The smallest absolute Gasteiger partial charge is 0.256 e. The van der Waals surface area contributed by atoms with Gasteiger partial charge < -0.3 is 11.1 Å². The lowest BCUT2D eigenvalue weighted by atomic mass is 9.88. The van der Waals surface area contributed by atoms with Crippen LogP contribution in [0.1, 0.15) is 44.5 Å². The van der Waals surface area contributed by atoms with Gasteiger partial charge in [0.05, 0.1) is 5.56 Å². The average molecular weight is 393 g/mol. The fourth-order valence-corrected chi connectivity index (χ4v) is 4.71. The third-order valence-corrected chi connectivity index (χ3v) is 5.73. The van der Waals surface area contributed by atoms with Gasteiger partial charge in [0, 0.05) is 14.9 Å². The number of halogens is 1. The molecule has 0 bridgehead atoms. The van der Waals surface area contributed by atoms with E-state index in [-0.39, 0.29) is 5.91 Å². The van der Waals surface area contributed by atoms with Gasteiger partial charge in [0.1, 0.15) is 5.00 Å². The monoisotopic (exact) mass is 392 g/mol. The lowest BCUT2D eigenvalue weighted by Crippen LogP contribution is -2.19. The maximum atomic E-state index is 12.4. The first kappa shape index (κ1) is 16.2. The molecule has 0 radical (unpaired) electrons. The van der Waals surface area contributed by atoms with Crippen LogP contribution in [0.2, 0.25) is 0 Å². The number of amides is 2. The van der Waals surface area contributed by atoms with Crippen LogP contribution in [0.15, 0.2) is 28.7 Å². The molecule has 1 aliphatic rings. The molecule has 6 heteroatoms. The lowest BCUT2D eigenvalue weighted by molar-refractivity contribution is 0.1000. The van der Waals surface area contributed by atoms with E-state index in [1.165, 1.54) is 16.2 Å². The van der Waals surface area contributed by atoms with Crippen molar-refractivity contribution in [1.29, 1.82) is 0 Å². The van der Waals surface area contributed by atoms with Gasteiger partial charge in [-0.15, -0.1) is 11.3 Å². The molecule has 2 amide bonds. The summed E-state index contributed by atoms with van der Waals surface area (Å²) in [5.74, 6) is -0.113. The van der Waals surface area contributed by atoms with Crippen molar-refractivity contribution in [2.75, 3.05) is 5.32 Å². The zero-order valence-electron chi connectivity index (χ0n) is 12.7. The minimum atomic E-state index is -0.471. The van der Waals surface area contributed by atoms with Crippen molar-refractivity contribution < 1.29 is 9.59 Å². The minimum Gasteiger partial charge on any atom is -0.365 e. The summed E-state index contributed by atoms with van der Waals surface area (Å²) in [6.07, 6.45) is 2.83. The van der Waals surface area contributed by atoms with E-state index in [9.17, 15) is 9.59 Å². The number of nitrogens with two attached hydrogens (primary N) is 1. The summed E-state index contributed by atoms with van der Waals surface area (Å²) in [5.41, 5.74) is 7.61. The summed E-state index contributed by atoms with van der Waals surface area (Å²) in [6.45, 7) is 2.20. The Morgan fingerprint density at radius 3 is 2.87 bits per heavy atom. The van der Waals surface area contributed by atoms with Gasteiger partial charge in [-0.1, -0.05) is 28.9 Å². The molecule has 0 fully saturated rings. The van der Waals surface area contributed by atoms with Crippen molar-refractivity contribution in [3.05, 3.63) is 50.3 Å².